The first-order chi connectivity index (χ1) is 14.6. The maximum absolute atomic E-state index is 13.2. The number of H-pyrrole nitrogens is 1. The van der Waals surface area contributed by atoms with Gasteiger partial charge in [0, 0.05) is 54.4 Å². The van der Waals surface area contributed by atoms with E-state index < -0.39 is 0 Å². The Hall–Kier alpha value is -3.49. The van der Waals surface area contributed by atoms with Gasteiger partial charge in [-0.15, -0.1) is 0 Å². The maximum atomic E-state index is 13.2. The van der Waals surface area contributed by atoms with E-state index in [4.69, 9.17) is 0 Å². The predicted octanol–water partition coefficient (Wildman–Crippen LogP) is 1.96. The summed E-state index contributed by atoms with van der Waals surface area (Å²) >= 11 is 0. The zero-order valence-electron chi connectivity index (χ0n) is 17.0. The Bertz CT molecular complexity index is 1320. The Morgan fingerprint density at radius 2 is 2.23 bits per heavy atom. The lowest BCUT2D eigenvalue weighted by Gasteiger charge is -2.32. The number of fused-ring (bicyclic) bond motifs is 2. The molecule has 0 bridgehead atoms. The fourth-order valence-electron chi connectivity index (χ4n) is 4.37. The molecule has 5 heterocycles. The van der Waals surface area contributed by atoms with E-state index in [1.807, 2.05) is 24.8 Å². The van der Waals surface area contributed by atoms with Gasteiger partial charge in [-0.1, -0.05) is 6.92 Å². The van der Waals surface area contributed by atoms with Crippen LogP contribution < -0.4 is 5.56 Å². The van der Waals surface area contributed by atoms with Crippen molar-refractivity contribution in [1.82, 2.24) is 34.1 Å². The number of likely N-dealkylation sites (tertiary alicyclic amines) is 1. The van der Waals surface area contributed by atoms with E-state index in [1.54, 1.807) is 29.2 Å². The molecule has 4 aromatic heterocycles. The summed E-state index contributed by atoms with van der Waals surface area (Å²) in [7, 11) is 0. The van der Waals surface area contributed by atoms with Crippen LogP contribution in [0.15, 0.2) is 35.5 Å². The number of aryl methyl sites for hydroxylation is 1. The molecule has 5 rings (SSSR count). The van der Waals surface area contributed by atoms with Gasteiger partial charge >= 0.3 is 0 Å². The summed E-state index contributed by atoms with van der Waals surface area (Å²) in [6, 6.07) is 3.71. The third-order valence-corrected chi connectivity index (χ3v) is 5.95. The Labute approximate surface area is 172 Å². The van der Waals surface area contributed by atoms with Gasteiger partial charge in [-0.25, -0.2) is 19.0 Å². The molecule has 9 heteroatoms. The van der Waals surface area contributed by atoms with E-state index in [0.717, 1.165) is 29.8 Å². The van der Waals surface area contributed by atoms with Gasteiger partial charge in [-0.05, 0) is 32.3 Å². The topological polar surface area (TPSA) is 101 Å². The van der Waals surface area contributed by atoms with E-state index in [1.165, 1.54) is 4.52 Å². The number of piperidine rings is 1. The lowest BCUT2D eigenvalue weighted by atomic mass is 9.94. The molecule has 1 amide bonds. The van der Waals surface area contributed by atoms with Crippen LogP contribution in [0.4, 0.5) is 0 Å². The number of amides is 1. The highest BCUT2D eigenvalue weighted by Gasteiger charge is 2.29. The second-order valence-corrected chi connectivity index (χ2v) is 7.78. The van der Waals surface area contributed by atoms with E-state index in [-0.39, 0.29) is 17.4 Å². The van der Waals surface area contributed by atoms with Gasteiger partial charge in [-0.3, -0.25) is 14.7 Å². The van der Waals surface area contributed by atoms with Gasteiger partial charge in [0.05, 0.1) is 6.20 Å². The summed E-state index contributed by atoms with van der Waals surface area (Å²) in [6.45, 7) is 5.10. The number of nitrogens with one attached hydrogen (secondary N) is 1. The molecule has 0 saturated carbocycles. The molecule has 1 saturated heterocycles. The van der Waals surface area contributed by atoms with Crippen LogP contribution in [0.1, 0.15) is 53.0 Å². The highest BCUT2D eigenvalue weighted by atomic mass is 16.2. The average molecular weight is 405 g/mol. The molecule has 9 nitrogen and oxygen atoms in total. The summed E-state index contributed by atoms with van der Waals surface area (Å²) in [5.41, 5.74) is 4.08. The standard InChI is InChI=1S/C21H23N7O2/c1-3-15-13(2)24-18-10-17(25-28(18)21(15)30)14-6-4-8-26(12-14)20(29)16-11-23-27-9-5-7-22-19(16)27/h5,7,9-11,14,25H,3-4,6,8,12H2,1-2H3/t14-/m0/s1. The largest absolute Gasteiger partial charge is 0.338 e. The zero-order valence-corrected chi connectivity index (χ0v) is 17.0. The number of nitrogens with zero attached hydrogens (tertiary/aromatic N) is 6. The number of rotatable bonds is 3. The summed E-state index contributed by atoms with van der Waals surface area (Å²) in [5.74, 6) is 0.0490. The molecule has 1 aliphatic rings. The van der Waals surface area contributed by atoms with Crippen LogP contribution in [0.3, 0.4) is 0 Å². The molecule has 0 spiro atoms. The van der Waals surface area contributed by atoms with E-state index >= 15 is 0 Å². The third-order valence-electron chi connectivity index (χ3n) is 5.95. The van der Waals surface area contributed by atoms with Gasteiger partial charge in [0.2, 0.25) is 0 Å². The summed E-state index contributed by atoms with van der Waals surface area (Å²) < 4.78 is 3.13. The van der Waals surface area contributed by atoms with Gasteiger partial charge in [0.15, 0.2) is 11.3 Å². The number of carbonyl (C=O) groups excluding carboxylic acids is 1. The zero-order chi connectivity index (χ0) is 20.8. The minimum atomic E-state index is -0.0658. The second-order valence-electron chi connectivity index (χ2n) is 7.78. The van der Waals surface area contributed by atoms with Crippen LogP contribution in [-0.4, -0.2) is 53.1 Å². The first-order valence-electron chi connectivity index (χ1n) is 10.3. The molecule has 0 aliphatic carbocycles. The molecule has 0 aromatic carbocycles. The van der Waals surface area contributed by atoms with E-state index in [0.29, 0.717) is 36.4 Å². The number of hydrogen-bond donors (Lipinski definition) is 1. The molecular weight excluding hydrogens is 382 g/mol. The van der Waals surface area contributed by atoms with Crippen molar-refractivity contribution in [3.05, 3.63) is 63.6 Å². The Morgan fingerprint density at radius 1 is 1.37 bits per heavy atom. The van der Waals surface area contributed by atoms with Gasteiger partial charge in [0.25, 0.3) is 11.5 Å². The third kappa shape index (κ3) is 2.89. The molecule has 0 unspecified atom stereocenters. The fourth-order valence-corrected chi connectivity index (χ4v) is 4.37. The maximum Gasteiger partial charge on any atom is 0.276 e. The molecule has 1 atom stereocenters. The lowest BCUT2D eigenvalue weighted by Crippen LogP contribution is -2.39. The van der Waals surface area contributed by atoms with Crippen molar-refractivity contribution in [3.63, 3.8) is 0 Å². The highest BCUT2D eigenvalue weighted by Crippen LogP contribution is 2.28. The molecule has 30 heavy (non-hydrogen) atoms. The van der Waals surface area contributed by atoms with Crippen LogP contribution in [0.25, 0.3) is 11.3 Å². The first kappa shape index (κ1) is 18.5. The predicted molar refractivity (Wildman–Crippen MR) is 111 cm³/mol. The molecule has 154 valence electrons. The molecule has 1 N–H and O–H groups in total. The van der Waals surface area contributed by atoms with Crippen molar-refractivity contribution >= 4 is 17.2 Å². The lowest BCUT2D eigenvalue weighted by molar-refractivity contribution is 0.0707. The van der Waals surface area contributed by atoms with Crippen molar-refractivity contribution in [2.24, 2.45) is 0 Å². The van der Waals surface area contributed by atoms with Crippen molar-refractivity contribution in [1.29, 1.82) is 0 Å². The molecule has 1 aliphatic heterocycles. The van der Waals surface area contributed by atoms with Gasteiger partial charge < -0.3 is 4.90 Å². The fraction of sp³-hybridized carbons (Fsp3) is 0.381. The van der Waals surface area contributed by atoms with E-state index in [2.05, 4.69) is 20.2 Å². The number of carbonyl (C=O) groups is 1. The Morgan fingerprint density at radius 3 is 3.07 bits per heavy atom. The quantitative estimate of drug-likeness (QED) is 0.562. The number of hydrogen-bond acceptors (Lipinski definition) is 5. The summed E-state index contributed by atoms with van der Waals surface area (Å²) in [4.78, 5) is 36.6. The van der Waals surface area contributed by atoms with Crippen molar-refractivity contribution in [2.75, 3.05) is 13.1 Å². The second kappa shape index (κ2) is 7.08. The summed E-state index contributed by atoms with van der Waals surface area (Å²) in [5, 5.41) is 7.46. The Kier molecular flexibility index (Phi) is 4.38. The van der Waals surface area contributed by atoms with Crippen molar-refractivity contribution in [3.8, 4) is 0 Å². The van der Waals surface area contributed by atoms with Crippen molar-refractivity contribution in [2.45, 2.75) is 39.0 Å². The van der Waals surface area contributed by atoms with Crippen LogP contribution in [0.5, 0.6) is 0 Å². The first-order valence-corrected chi connectivity index (χ1v) is 10.3. The van der Waals surface area contributed by atoms with Gasteiger partial charge in [-0.2, -0.15) is 5.10 Å². The minimum Gasteiger partial charge on any atom is -0.338 e. The van der Waals surface area contributed by atoms with Crippen LogP contribution >= 0.6 is 0 Å². The number of aromatic amines is 1. The van der Waals surface area contributed by atoms with Crippen LogP contribution in [0, 0.1) is 6.92 Å². The SMILES string of the molecule is CCc1c(C)nc2cc([C@H]3CCCN(C(=O)c4cnn5cccnc45)C3)[nH]n2c1=O. The monoisotopic (exact) mass is 405 g/mol. The molecular formula is C21H23N7O2. The molecule has 0 radical (unpaired) electrons. The molecule has 1 fully saturated rings. The molecule has 4 aromatic rings. The normalized spacial score (nSPS) is 17.1. The summed E-state index contributed by atoms with van der Waals surface area (Å²) in [6.07, 6.45) is 7.50. The highest BCUT2D eigenvalue weighted by molar-refractivity contribution is 5.99. The van der Waals surface area contributed by atoms with E-state index in [9.17, 15) is 9.59 Å². The van der Waals surface area contributed by atoms with Crippen LogP contribution in [0.2, 0.25) is 0 Å². The van der Waals surface area contributed by atoms with Crippen LogP contribution in [-0.2, 0) is 6.42 Å². The Balaban J connectivity index is 1.45. The van der Waals surface area contributed by atoms with Gasteiger partial charge in [0.1, 0.15) is 5.56 Å². The average Bonchev–Trinajstić information content (AvgIpc) is 3.38. The minimum absolute atomic E-state index is 0.0487. The number of aromatic nitrogens is 6. The smallest absolute Gasteiger partial charge is 0.276 e. The van der Waals surface area contributed by atoms with Crippen molar-refractivity contribution < 1.29 is 4.79 Å².